The first kappa shape index (κ1) is 82.0. The highest BCUT2D eigenvalue weighted by Gasteiger charge is 2.12. The Morgan fingerprint density at radius 2 is 0.421 bits per heavy atom. The van der Waals surface area contributed by atoms with Gasteiger partial charge in [-0.3, -0.25) is 18.3 Å². The number of hydrogen-bond acceptors (Lipinski definition) is 12. The molecule has 8 heterocycles. The Morgan fingerprint density at radius 3 is 0.596 bits per heavy atom. The lowest BCUT2D eigenvalue weighted by molar-refractivity contribution is 0.338. The number of fused-ring (bicyclic) bond motifs is 4. The van der Waals surface area contributed by atoms with Crippen LogP contribution in [0.1, 0.15) is 122 Å². The minimum atomic E-state index is 0. The lowest BCUT2D eigenvalue weighted by Gasteiger charge is -2.06. The summed E-state index contributed by atoms with van der Waals surface area (Å²) in [7, 11) is 0. The predicted octanol–water partition coefficient (Wildman–Crippen LogP) is 23.1. The molecular weight excluding hydrogens is 1460 g/mol. The number of pyridine rings is 4. The molecule has 576 valence electrons. The molecule has 16 nitrogen and oxygen atoms in total. The van der Waals surface area contributed by atoms with E-state index in [1.807, 2.05) is 120 Å². The van der Waals surface area contributed by atoms with Crippen molar-refractivity contribution in [1.82, 2.24) is 58.1 Å². The first-order valence-corrected chi connectivity index (χ1v) is 38.4. The topological polar surface area (TPSA) is 160 Å². The second kappa shape index (κ2) is 40.8. The van der Waals surface area contributed by atoms with Gasteiger partial charge in [0.05, 0.1) is 95.3 Å². The van der Waals surface area contributed by atoms with E-state index in [0.29, 0.717) is 26.4 Å². The Labute approximate surface area is 679 Å². The van der Waals surface area contributed by atoms with Gasteiger partial charge in [0.25, 0.3) is 0 Å². The van der Waals surface area contributed by atoms with Gasteiger partial charge in [-0.15, -0.1) is 24.8 Å². The average Bonchev–Trinajstić information content (AvgIpc) is 1.66. The SMILES string of the molecule is CCOc1ccc(-n2cnc3cc(/C=C/c4ccc(CC)cc4)ccc32)nc1.CCOc1ccc(-n2cnc3cc(/C=C/c4ccc(CC)cc4)ccc32)nc1.CCOc1ccc(-n2cnc3cc(/C=C\c4ccc(CC)cc4)ccc32)nc1.CCOc1ccc(-n2cnc3cc(/C=C\c4ccc(CC)cc4)ccc32)nc1.Cl.Cl. The zero-order chi connectivity index (χ0) is 77.4. The number of nitrogens with zero attached hydrogens (tertiary/aromatic N) is 12. The Kier molecular flexibility index (Phi) is 29.3. The Morgan fingerprint density at radius 1 is 0.228 bits per heavy atom. The first-order chi connectivity index (χ1) is 55.1. The fourth-order valence-electron chi connectivity index (χ4n) is 12.6. The maximum atomic E-state index is 5.46. The molecule has 0 fully saturated rings. The lowest BCUT2D eigenvalue weighted by atomic mass is 10.1. The van der Waals surface area contributed by atoms with E-state index in [-0.39, 0.29) is 24.8 Å². The van der Waals surface area contributed by atoms with Gasteiger partial charge in [-0.25, -0.2) is 39.9 Å². The van der Waals surface area contributed by atoms with Crippen LogP contribution >= 0.6 is 24.8 Å². The van der Waals surface area contributed by atoms with E-state index in [1.165, 1.54) is 44.5 Å². The number of imidazole rings is 4. The number of aryl methyl sites for hydroxylation is 4. The van der Waals surface area contributed by atoms with Crippen LogP contribution in [0.5, 0.6) is 23.0 Å². The molecule has 0 aliphatic heterocycles. The quantitative estimate of drug-likeness (QED) is 0.0528. The largest absolute Gasteiger partial charge is 0.492 e. The van der Waals surface area contributed by atoms with Gasteiger partial charge >= 0.3 is 0 Å². The fourth-order valence-corrected chi connectivity index (χ4v) is 12.6. The van der Waals surface area contributed by atoms with Crippen molar-refractivity contribution in [3.8, 4) is 46.3 Å². The maximum Gasteiger partial charge on any atom is 0.138 e. The summed E-state index contributed by atoms with van der Waals surface area (Å²) in [5.41, 5.74) is 22.6. The summed E-state index contributed by atoms with van der Waals surface area (Å²) in [6.45, 7) is 19.1. The molecule has 0 N–H and O–H groups in total. The summed E-state index contributed by atoms with van der Waals surface area (Å²) in [4.78, 5) is 36.1. The van der Waals surface area contributed by atoms with Gasteiger partial charge < -0.3 is 18.9 Å². The molecule has 16 aromatic rings. The monoisotopic (exact) mass is 1550 g/mol. The highest BCUT2D eigenvalue weighted by Crippen LogP contribution is 2.27. The van der Waals surface area contributed by atoms with Crippen LogP contribution in [0.3, 0.4) is 0 Å². The number of hydrogen-bond donors (Lipinski definition) is 0. The van der Waals surface area contributed by atoms with Gasteiger partial charge in [-0.05, 0) is 217 Å². The molecule has 114 heavy (non-hydrogen) atoms. The molecule has 0 aliphatic carbocycles. The normalized spacial score (nSPS) is 11.2. The summed E-state index contributed by atoms with van der Waals surface area (Å²) in [6, 6.07) is 75.2. The van der Waals surface area contributed by atoms with Crippen molar-refractivity contribution < 1.29 is 18.9 Å². The molecule has 0 amide bonds. The Bertz CT molecular complexity index is 5110. The number of ether oxygens (including phenoxy) is 4. The van der Waals surface area contributed by atoms with Gasteiger partial charge in [0.15, 0.2) is 0 Å². The summed E-state index contributed by atoms with van der Waals surface area (Å²) < 4.78 is 29.8. The fraction of sp³-hybridized carbons (Fsp3) is 0.167. The molecule has 0 aliphatic rings. The van der Waals surface area contributed by atoms with Gasteiger partial charge in [0, 0.05) is 0 Å². The summed E-state index contributed by atoms with van der Waals surface area (Å²) in [5.74, 6) is 6.39. The van der Waals surface area contributed by atoms with Crippen LogP contribution in [0.2, 0.25) is 0 Å². The number of halogens is 2. The predicted molar refractivity (Wildman–Crippen MR) is 474 cm³/mol. The van der Waals surface area contributed by atoms with E-state index in [9.17, 15) is 0 Å². The smallest absolute Gasteiger partial charge is 0.138 e. The molecule has 0 atom stereocenters. The van der Waals surface area contributed by atoms with Crippen LogP contribution in [0, 0.1) is 0 Å². The van der Waals surface area contributed by atoms with Gasteiger partial charge in [0.2, 0.25) is 0 Å². The molecule has 0 saturated heterocycles. The van der Waals surface area contributed by atoms with E-state index in [1.54, 1.807) is 24.8 Å². The molecule has 0 saturated carbocycles. The zero-order valence-corrected chi connectivity index (χ0v) is 67.1. The summed E-state index contributed by atoms with van der Waals surface area (Å²) >= 11 is 0. The average molecular weight is 1550 g/mol. The van der Waals surface area contributed by atoms with E-state index < -0.39 is 0 Å². The number of benzene rings is 8. The molecule has 0 spiro atoms. The minimum absolute atomic E-state index is 0. The van der Waals surface area contributed by atoms with Gasteiger partial charge in [0.1, 0.15) is 71.6 Å². The number of rotatable bonds is 24. The standard InChI is InChI=1S/4C24H23N3O.2ClH/c4*1-3-18-5-7-19(8-6-18)9-10-20-11-13-23-22(15-20)26-17-27(23)24-14-12-21(16-25-24)28-4-2;;/h4*5-17H,3-4H2,1-2H3;2*1H/b2*10-9+;2*10-9-;;. The van der Waals surface area contributed by atoms with Gasteiger partial charge in [-0.2, -0.15) is 0 Å². The van der Waals surface area contributed by atoms with Crippen LogP contribution in [-0.4, -0.2) is 84.6 Å². The van der Waals surface area contributed by atoms with Crippen molar-refractivity contribution >= 4 is 118 Å². The third-order valence-electron chi connectivity index (χ3n) is 18.8. The van der Waals surface area contributed by atoms with Crippen LogP contribution in [0.25, 0.3) is 116 Å². The van der Waals surface area contributed by atoms with Crippen molar-refractivity contribution in [2.75, 3.05) is 26.4 Å². The van der Waals surface area contributed by atoms with Crippen LogP contribution in [0.15, 0.2) is 268 Å². The third-order valence-corrected chi connectivity index (χ3v) is 18.8. The maximum absolute atomic E-state index is 5.46. The van der Waals surface area contributed by atoms with Crippen molar-refractivity contribution in [1.29, 1.82) is 0 Å². The second-order valence-corrected chi connectivity index (χ2v) is 26.3. The highest BCUT2D eigenvalue weighted by atomic mass is 35.5. The van der Waals surface area contributed by atoms with E-state index >= 15 is 0 Å². The van der Waals surface area contributed by atoms with Crippen LogP contribution < -0.4 is 18.9 Å². The summed E-state index contributed by atoms with van der Waals surface area (Å²) in [5, 5.41) is 0. The van der Waals surface area contributed by atoms with Crippen molar-refractivity contribution in [2.24, 2.45) is 0 Å². The first-order valence-electron chi connectivity index (χ1n) is 38.4. The highest BCUT2D eigenvalue weighted by molar-refractivity contribution is 5.87. The molecule has 8 aromatic carbocycles. The van der Waals surface area contributed by atoms with Crippen molar-refractivity contribution in [3.63, 3.8) is 0 Å². The molecule has 0 bridgehead atoms. The molecule has 8 aromatic heterocycles. The number of aromatic nitrogens is 12. The van der Waals surface area contributed by atoms with Crippen LogP contribution in [0.4, 0.5) is 0 Å². The molecule has 16 rings (SSSR count). The second-order valence-electron chi connectivity index (χ2n) is 26.3. The molecular formula is C96H94Cl2N12O4. The van der Waals surface area contributed by atoms with E-state index in [0.717, 1.165) is 138 Å². The molecule has 0 radical (unpaired) electrons. The van der Waals surface area contributed by atoms with Gasteiger partial charge in [-0.1, -0.05) is 198 Å². The van der Waals surface area contributed by atoms with Crippen molar-refractivity contribution in [2.45, 2.75) is 81.1 Å². The zero-order valence-electron chi connectivity index (χ0n) is 65.5. The third kappa shape index (κ3) is 21.3. The lowest BCUT2D eigenvalue weighted by Crippen LogP contribution is -1.97. The minimum Gasteiger partial charge on any atom is -0.492 e. The van der Waals surface area contributed by atoms with E-state index in [4.69, 9.17) is 18.9 Å². The Hall–Kier alpha value is -13.0. The van der Waals surface area contributed by atoms with E-state index in [2.05, 4.69) is 286 Å². The van der Waals surface area contributed by atoms with Crippen molar-refractivity contribution in [3.05, 3.63) is 335 Å². The molecule has 18 heteroatoms. The Balaban J connectivity index is 0.000000149. The summed E-state index contributed by atoms with van der Waals surface area (Å²) in [6.07, 6.45) is 35.5. The van der Waals surface area contributed by atoms with Crippen LogP contribution in [-0.2, 0) is 25.7 Å². The molecule has 0 unspecified atom stereocenters.